The summed E-state index contributed by atoms with van der Waals surface area (Å²) in [6, 6.07) is 5.38. The van der Waals surface area contributed by atoms with Gasteiger partial charge in [0.2, 0.25) is 0 Å². The van der Waals surface area contributed by atoms with E-state index in [0.29, 0.717) is 38.0 Å². The molecule has 6 nitrogen and oxygen atoms in total. The number of nitrogens with zero attached hydrogens (tertiary/aromatic N) is 1. The van der Waals surface area contributed by atoms with Crippen molar-refractivity contribution in [3.63, 3.8) is 0 Å². The third-order valence-electron chi connectivity index (χ3n) is 4.29. The molecule has 0 aromatic heterocycles. The van der Waals surface area contributed by atoms with Crippen LogP contribution in [0.2, 0.25) is 0 Å². The average molecular weight is 362 g/mol. The molecule has 0 bridgehead atoms. The molecule has 140 valence electrons. The number of hydrogen-bond acceptors (Lipinski definition) is 4. The molecule has 1 heterocycles. The predicted molar refractivity (Wildman–Crippen MR) is 93.8 cm³/mol. The molecular formula is C19H23FN2O4. The van der Waals surface area contributed by atoms with Crippen LogP contribution in [-0.2, 0) is 14.3 Å². The van der Waals surface area contributed by atoms with Gasteiger partial charge in [0, 0.05) is 25.2 Å². The fourth-order valence-corrected chi connectivity index (χ4v) is 2.73. The maximum atomic E-state index is 13.0. The third-order valence-corrected chi connectivity index (χ3v) is 4.29. The quantitative estimate of drug-likeness (QED) is 0.620. The molecule has 0 spiro atoms. The van der Waals surface area contributed by atoms with Crippen molar-refractivity contribution in [1.82, 2.24) is 10.2 Å². The summed E-state index contributed by atoms with van der Waals surface area (Å²) in [6.07, 6.45) is 1.60. The Kier molecular flexibility index (Phi) is 6.89. The fraction of sp³-hybridized carbons (Fsp3) is 0.421. The van der Waals surface area contributed by atoms with Gasteiger partial charge in [0.15, 0.2) is 6.10 Å². The van der Waals surface area contributed by atoms with Gasteiger partial charge in [-0.25, -0.2) is 4.39 Å². The molecule has 1 saturated heterocycles. The van der Waals surface area contributed by atoms with Gasteiger partial charge in [-0.1, -0.05) is 6.08 Å². The van der Waals surface area contributed by atoms with Crippen LogP contribution in [0.3, 0.4) is 0 Å². The van der Waals surface area contributed by atoms with E-state index in [1.807, 2.05) is 0 Å². The second-order valence-electron chi connectivity index (χ2n) is 6.19. The molecule has 1 unspecified atom stereocenters. The van der Waals surface area contributed by atoms with Crippen LogP contribution in [0.1, 0.15) is 30.1 Å². The van der Waals surface area contributed by atoms with Crippen LogP contribution < -0.4 is 5.32 Å². The summed E-state index contributed by atoms with van der Waals surface area (Å²) in [7, 11) is 0. The highest BCUT2D eigenvalue weighted by Crippen LogP contribution is 2.21. The summed E-state index contributed by atoms with van der Waals surface area (Å²) in [4.78, 5) is 37.9. The lowest BCUT2D eigenvalue weighted by Crippen LogP contribution is -2.42. The lowest BCUT2D eigenvalue weighted by molar-refractivity contribution is -0.159. The van der Waals surface area contributed by atoms with Gasteiger partial charge in [0.1, 0.15) is 5.82 Å². The van der Waals surface area contributed by atoms with Crippen molar-refractivity contribution in [2.45, 2.75) is 25.9 Å². The first kappa shape index (κ1) is 19.6. The van der Waals surface area contributed by atoms with Gasteiger partial charge >= 0.3 is 5.97 Å². The number of halogens is 1. The Morgan fingerprint density at radius 1 is 1.31 bits per heavy atom. The van der Waals surface area contributed by atoms with Crippen molar-refractivity contribution in [2.75, 3.05) is 19.6 Å². The average Bonchev–Trinajstić information content (AvgIpc) is 2.66. The Labute approximate surface area is 152 Å². The third kappa shape index (κ3) is 5.15. The summed E-state index contributed by atoms with van der Waals surface area (Å²) in [5, 5.41) is 2.57. The van der Waals surface area contributed by atoms with Gasteiger partial charge in [0.05, 0.1) is 5.92 Å². The van der Waals surface area contributed by atoms with Crippen molar-refractivity contribution in [1.29, 1.82) is 0 Å². The van der Waals surface area contributed by atoms with Crippen LogP contribution in [0.5, 0.6) is 0 Å². The van der Waals surface area contributed by atoms with E-state index in [0.717, 1.165) is 0 Å². The van der Waals surface area contributed by atoms with E-state index in [4.69, 9.17) is 4.74 Å². The maximum absolute atomic E-state index is 13.0. The summed E-state index contributed by atoms with van der Waals surface area (Å²) < 4.78 is 18.2. The number of benzene rings is 1. The van der Waals surface area contributed by atoms with Crippen molar-refractivity contribution in [3.05, 3.63) is 48.3 Å². The SMILES string of the molecule is C=CCNC(=O)C(C)OC(=O)C1CCN(C(=O)c2ccc(F)cc2)CC1. The van der Waals surface area contributed by atoms with Crippen molar-refractivity contribution < 1.29 is 23.5 Å². The van der Waals surface area contributed by atoms with Gasteiger partial charge in [-0.2, -0.15) is 0 Å². The number of piperidine rings is 1. The highest BCUT2D eigenvalue weighted by Gasteiger charge is 2.30. The minimum Gasteiger partial charge on any atom is -0.452 e. The molecule has 2 rings (SSSR count). The number of ether oxygens (including phenoxy) is 1. The van der Waals surface area contributed by atoms with Crippen LogP contribution in [0.25, 0.3) is 0 Å². The van der Waals surface area contributed by atoms with E-state index in [1.165, 1.54) is 31.2 Å². The number of rotatable bonds is 6. The normalized spacial score (nSPS) is 15.8. The smallest absolute Gasteiger partial charge is 0.309 e. The summed E-state index contributed by atoms with van der Waals surface area (Å²) in [6.45, 7) is 6.15. The zero-order chi connectivity index (χ0) is 19.1. The van der Waals surface area contributed by atoms with Gasteiger partial charge in [-0.15, -0.1) is 6.58 Å². The number of nitrogens with one attached hydrogen (secondary N) is 1. The van der Waals surface area contributed by atoms with Crippen LogP contribution >= 0.6 is 0 Å². The minimum atomic E-state index is -0.874. The van der Waals surface area contributed by atoms with E-state index < -0.39 is 17.9 Å². The highest BCUT2D eigenvalue weighted by atomic mass is 19.1. The molecule has 26 heavy (non-hydrogen) atoms. The standard InChI is InChI=1S/C19H23FN2O4/c1-3-10-21-17(23)13(2)26-19(25)15-8-11-22(12-9-15)18(24)14-4-6-16(20)7-5-14/h3-7,13,15H,1,8-12H2,2H3,(H,21,23). The Bertz CT molecular complexity index is 667. The first-order chi connectivity index (χ1) is 12.4. The Balaban J connectivity index is 1.82. The second-order valence-corrected chi connectivity index (χ2v) is 6.19. The largest absolute Gasteiger partial charge is 0.452 e. The van der Waals surface area contributed by atoms with Gasteiger partial charge in [-0.3, -0.25) is 14.4 Å². The van der Waals surface area contributed by atoms with Crippen LogP contribution in [0, 0.1) is 11.7 Å². The Morgan fingerprint density at radius 3 is 2.50 bits per heavy atom. The lowest BCUT2D eigenvalue weighted by atomic mass is 9.96. The van der Waals surface area contributed by atoms with E-state index in [1.54, 1.807) is 11.0 Å². The van der Waals surface area contributed by atoms with Crippen LogP contribution in [-0.4, -0.2) is 48.4 Å². The molecule has 0 aliphatic carbocycles. The Morgan fingerprint density at radius 2 is 1.92 bits per heavy atom. The first-order valence-corrected chi connectivity index (χ1v) is 8.56. The topological polar surface area (TPSA) is 75.7 Å². The molecular weight excluding hydrogens is 339 g/mol. The summed E-state index contributed by atoms with van der Waals surface area (Å²) in [5.74, 6) is -1.73. The molecule has 1 aliphatic heterocycles. The van der Waals surface area contributed by atoms with Gasteiger partial charge < -0.3 is 15.0 Å². The van der Waals surface area contributed by atoms with Crippen molar-refractivity contribution in [2.24, 2.45) is 5.92 Å². The molecule has 1 atom stereocenters. The summed E-state index contributed by atoms with van der Waals surface area (Å²) >= 11 is 0. The molecule has 1 aromatic carbocycles. The van der Waals surface area contributed by atoms with E-state index in [9.17, 15) is 18.8 Å². The number of carbonyl (C=O) groups is 3. The number of esters is 1. The zero-order valence-corrected chi connectivity index (χ0v) is 14.7. The molecule has 1 aliphatic rings. The summed E-state index contributed by atoms with van der Waals surface area (Å²) in [5.41, 5.74) is 0.417. The molecule has 0 saturated carbocycles. The monoisotopic (exact) mass is 362 g/mol. The van der Waals surface area contributed by atoms with Gasteiger partial charge in [-0.05, 0) is 44.0 Å². The fourth-order valence-electron chi connectivity index (χ4n) is 2.73. The van der Waals surface area contributed by atoms with E-state index >= 15 is 0 Å². The number of likely N-dealkylation sites (tertiary alicyclic amines) is 1. The maximum Gasteiger partial charge on any atom is 0.309 e. The molecule has 0 radical (unpaired) electrons. The first-order valence-electron chi connectivity index (χ1n) is 8.56. The van der Waals surface area contributed by atoms with E-state index in [2.05, 4.69) is 11.9 Å². The number of hydrogen-bond donors (Lipinski definition) is 1. The molecule has 1 aromatic rings. The highest BCUT2D eigenvalue weighted by molar-refractivity contribution is 5.94. The molecule has 7 heteroatoms. The number of amides is 2. The predicted octanol–water partition coefficient (Wildman–Crippen LogP) is 1.91. The molecule has 2 amide bonds. The lowest BCUT2D eigenvalue weighted by Gasteiger charge is -2.31. The number of carbonyl (C=O) groups excluding carboxylic acids is 3. The molecule has 1 fully saturated rings. The van der Waals surface area contributed by atoms with Gasteiger partial charge in [0.25, 0.3) is 11.8 Å². The van der Waals surface area contributed by atoms with Crippen molar-refractivity contribution >= 4 is 17.8 Å². The second kappa shape index (κ2) is 9.12. The molecule has 1 N–H and O–H groups in total. The van der Waals surface area contributed by atoms with E-state index in [-0.39, 0.29) is 17.7 Å². The minimum absolute atomic E-state index is 0.186. The zero-order valence-electron chi connectivity index (χ0n) is 14.7. The van der Waals surface area contributed by atoms with Crippen LogP contribution in [0.4, 0.5) is 4.39 Å². The Hall–Kier alpha value is -2.70. The van der Waals surface area contributed by atoms with Crippen molar-refractivity contribution in [3.8, 4) is 0 Å². The van der Waals surface area contributed by atoms with Crippen LogP contribution in [0.15, 0.2) is 36.9 Å².